The molecule has 0 bridgehead atoms. The van der Waals surface area contributed by atoms with E-state index in [1.165, 1.54) is 16.7 Å². The standard InChI is InChI=1S/C23H23ClN4O2S2/c24-18-6-4-17(5-7-18)15-20-22(30)28(23(31)32-20)16-21(29)27-13-11-26(12-14-27)10-8-19-3-1-2-9-25-19/h1-7,9,15H,8,10-14,16H2/b20-15-. The molecule has 9 heteroatoms. The first-order valence-electron chi connectivity index (χ1n) is 10.4. The van der Waals surface area contributed by atoms with Gasteiger partial charge in [0, 0.05) is 56.1 Å². The Balaban J connectivity index is 1.28. The monoisotopic (exact) mass is 486 g/mol. The molecular weight excluding hydrogens is 464 g/mol. The van der Waals surface area contributed by atoms with E-state index in [-0.39, 0.29) is 18.4 Å². The highest BCUT2D eigenvalue weighted by Crippen LogP contribution is 2.32. The quantitative estimate of drug-likeness (QED) is 0.461. The van der Waals surface area contributed by atoms with Crippen LogP contribution < -0.4 is 0 Å². The second-order valence-electron chi connectivity index (χ2n) is 7.61. The van der Waals surface area contributed by atoms with Crippen LogP contribution in [0.1, 0.15) is 11.3 Å². The fourth-order valence-corrected chi connectivity index (χ4v) is 5.00. The van der Waals surface area contributed by atoms with Crippen molar-refractivity contribution in [3.63, 3.8) is 0 Å². The maximum atomic E-state index is 12.8. The summed E-state index contributed by atoms with van der Waals surface area (Å²) in [4.78, 5) is 36.1. The summed E-state index contributed by atoms with van der Waals surface area (Å²) in [6.07, 6.45) is 4.48. The highest BCUT2D eigenvalue weighted by atomic mass is 35.5. The molecule has 0 N–H and O–H groups in total. The number of carbonyl (C=O) groups is 2. The molecule has 2 aliphatic rings. The van der Waals surface area contributed by atoms with E-state index in [0.717, 1.165) is 37.3 Å². The van der Waals surface area contributed by atoms with Gasteiger partial charge in [0.1, 0.15) is 10.9 Å². The Hall–Kier alpha value is -2.26. The number of benzene rings is 1. The van der Waals surface area contributed by atoms with Gasteiger partial charge in [-0.25, -0.2) is 0 Å². The fourth-order valence-electron chi connectivity index (χ4n) is 3.62. The SMILES string of the molecule is O=C(CN1C(=O)/C(=C/c2ccc(Cl)cc2)SC1=S)N1CCN(CCc2ccccn2)CC1. The highest BCUT2D eigenvalue weighted by Gasteiger charge is 2.34. The van der Waals surface area contributed by atoms with Crippen molar-refractivity contribution in [1.82, 2.24) is 19.7 Å². The van der Waals surface area contributed by atoms with Crippen molar-refractivity contribution in [2.75, 3.05) is 39.3 Å². The van der Waals surface area contributed by atoms with Crippen LogP contribution in [0.3, 0.4) is 0 Å². The summed E-state index contributed by atoms with van der Waals surface area (Å²) >= 11 is 12.5. The maximum absolute atomic E-state index is 12.8. The molecule has 2 aliphatic heterocycles. The van der Waals surface area contributed by atoms with Gasteiger partial charge in [-0.05, 0) is 35.9 Å². The molecule has 2 amide bonds. The lowest BCUT2D eigenvalue weighted by Crippen LogP contribution is -2.51. The predicted molar refractivity (Wildman–Crippen MR) is 132 cm³/mol. The Labute approximate surface area is 202 Å². The Kier molecular flexibility index (Phi) is 7.57. The van der Waals surface area contributed by atoms with E-state index in [1.807, 2.05) is 41.4 Å². The van der Waals surface area contributed by atoms with E-state index in [2.05, 4.69) is 9.88 Å². The number of hydrogen-bond donors (Lipinski definition) is 0. The van der Waals surface area contributed by atoms with Gasteiger partial charge in [0.05, 0.1) is 4.91 Å². The number of nitrogens with zero attached hydrogens (tertiary/aromatic N) is 4. The molecule has 0 aliphatic carbocycles. The molecule has 1 aromatic heterocycles. The summed E-state index contributed by atoms with van der Waals surface area (Å²) in [6, 6.07) is 13.2. The van der Waals surface area contributed by atoms with E-state index in [9.17, 15) is 9.59 Å². The van der Waals surface area contributed by atoms with Crippen LogP contribution in [0.15, 0.2) is 53.6 Å². The number of carbonyl (C=O) groups excluding carboxylic acids is 2. The van der Waals surface area contributed by atoms with Crippen LogP contribution in [0.4, 0.5) is 0 Å². The number of rotatable bonds is 6. The average Bonchev–Trinajstić information content (AvgIpc) is 3.07. The predicted octanol–water partition coefficient (Wildman–Crippen LogP) is 3.32. The van der Waals surface area contributed by atoms with E-state index < -0.39 is 0 Å². The van der Waals surface area contributed by atoms with Crippen molar-refractivity contribution in [1.29, 1.82) is 0 Å². The minimum absolute atomic E-state index is 0.0173. The minimum atomic E-state index is -0.225. The summed E-state index contributed by atoms with van der Waals surface area (Å²) in [5, 5.41) is 0.636. The molecule has 2 aromatic rings. The lowest BCUT2D eigenvalue weighted by Gasteiger charge is -2.35. The van der Waals surface area contributed by atoms with Crippen molar-refractivity contribution in [3.05, 3.63) is 69.8 Å². The third kappa shape index (κ3) is 5.75. The molecule has 0 saturated carbocycles. The van der Waals surface area contributed by atoms with Gasteiger partial charge in [0.2, 0.25) is 5.91 Å². The van der Waals surface area contributed by atoms with Gasteiger partial charge < -0.3 is 4.90 Å². The lowest BCUT2D eigenvalue weighted by molar-refractivity contribution is -0.136. The van der Waals surface area contributed by atoms with E-state index in [4.69, 9.17) is 23.8 Å². The van der Waals surface area contributed by atoms with E-state index in [0.29, 0.717) is 27.3 Å². The lowest BCUT2D eigenvalue weighted by atomic mass is 10.2. The van der Waals surface area contributed by atoms with Crippen LogP contribution in [0.25, 0.3) is 6.08 Å². The average molecular weight is 487 g/mol. The molecule has 0 radical (unpaired) electrons. The molecule has 0 atom stereocenters. The summed E-state index contributed by atoms with van der Waals surface area (Å²) in [5.74, 6) is -0.296. The Bertz CT molecular complexity index is 1020. The first kappa shape index (κ1) is 22.9. The molecular formula is C23H23ClN4O2S2. The van der Waals surface area contributed by atoms with Gasteiger partial charge in [0.25, 0.3) is 5.91 Å². The summed E-state index contributed by atoms with van der Waals surface area (Å²) in [6.45, 7) is 3.83. The van der Waals surface area contributed by atoms with Crippen LogP contribution in [-0.4, -0.2) is 75.1 Å². The fraction of sp³-hybridized carbons (Fsp3) is 0.304. The molecule has 166 valence electrons. The van der Waals surface area contributed by atoms with E-state index >= 15 is 0 Å². The number of thioether (sulfide) groups is 1. The second-order valence-corrected chi connectivity index (χ2v) is 9.73. The van der Waals surface area contributed by atoms with Crippen LogP contribution in [-0.2, 0) is 16.0 Å². The van der Waals surface area contributed by atoms with Gasteiger partial charge in [-0.1, -0.05) is 53.8 Å². The zero-order chi connectivity index (χ0) is 22.5. The number of pyridine rings is 1. The van der Waals surface area contributed by atoms with Crippen molar-refractivity contribution >= 4 is 57.8 Å². The largest absolute Gasteiger partial charge is 0.339 e. The van der Waals surface area contributed by atoms with Crippen molar-refractivity contribution < 1.29 is 9.59 Å². The first-order chi connectivity index (χ1) is 15.5. The van der Waals surface area contributed by atoms with Crippen LogP contribution in [0, 0.1) is 0 Å². The second kappa shape index (κ2) is 10.6. The van der Waals surface area contributed by atoms with Crippen LogP contribution in [0.2, 0.25) is 5.02 Å². The summed E-state index contributed by atoms with van der Waals surface area (Å²) in [7, 11) is 0. The number of hydrogen-bond acceptors (Lipinski definition) is 6. The zero-order valence-electron chi connectivity index (χ0n) is 17.4. The number of aromatic nitrogens is 1. The maximum Gasteiger partial charge on any atom is 0.266 e. The number of thiocarbonyl (C=S) groups is 1. The molecule has 0 unspecified atom stereocenters. The molecule has 32 heavy (non-hydrogen) atoms. The number of piperazine rings is 1. The van der Waals surface area contributed by atoms with Crippen molar-refractivity contribution in [3.8, 4) is 0 Å². The van der Waals surface area contributed by atoms with Crippen molar-refractivity contribution in [2.45, 2.75) is 6.42 Å². The van der Waals surface area contributed by atoms with Gasteiger partial charge in [-0.3, -0.25) is 24.4 Å². The Morgan fingerprint density at radius 3 is 2.56 bits per heavy atom. The van der Waals surface area contributed by atoms with E-state index in [1.54, 1.807) is 18.2 Å². The number of amides is 2. The molecule has 3 heterocycles. The van der Waals surface area contributed by atoms with Crippen molar-refractivity contribution in [2.24, 2.45) is 0 Å². The Morgan fingerprint density at radius 1 is 1.12 bits per heavy atom. The zero-order valence-corrected chi connectivity index (χ0v) is 19.8. The molecule has 2 fully saturated rings. The topological polar surface area (TPSA) is 56.8 Å². The number of halogens is 1. The summed E-state index contributed by atoms with van der Waals surface area (Å²) in [5.41, 5.74) is 1.94. The van der Waals surface area contributed by atoms with Crippen LogP contribution in [0.5, 0.6) is 0 Å². The van der Waals surface area contributed by atoms with Crippen LogP contribution >= 0.6 is 35.6 Å². The molecule has 4 rings (SSSR count). The van der Waals surface area contributed by atoms with Gasteiger partial charge >= 0.3 is 0 Å². The molecule has 2 saturated heterocycles. The molecule has 0 spiro atoms. The van der Waals surface area contributed by atoms with Gasteiger partial charge in [-0.2, -0.15) is 0 Å². The smallest absolute Gasteiger partial charge is 0.266 e. The summed E-state index contributed by atoms with van der Waals surface area (Å²) < 4.78 is 0.414. The highest BCUT2D eigenvalue weighted by molar-refractivity contribution is 8.26. The minimum Gasteiger partial charge on any atom is -0.339 e. The molecule has 6 nitrogen and oxygen atoms in total. The Morgan fingerprint density at radius 2 is 1.88 bits per heavy atom. The van der Waals surface area contributed by atoms with Gasteiger partial charge in [0.15, 0.2) is 0 Å². The normalized spacial score (nSPS) is 18.6. The van der Waals surface area contributed by atoms with Gasteiger partial charge in [-0.15, -0.1) is 0 Å². The third-order valence-electron chi connectivity index (χ3n) is 5.47. The molecule has 1 aromatic carbocycles. The first-order valence-corrected chi connectivity index (χ1v) is 12.0. The third-order valence-corrected chi connectivity index (χ3v) is 7.10.